The van der Waals surface area contributed by atoms with Crippen molar-refractivity contribution in [1.29, 1.82) is 0 Å². The van der Waals surface area contributed by atoms with Crippen molar-refractivity contribution < 1.29 is 14.4 Å². The molecule has 4 heteroatoms. The fourth-order valence-corrected chi connectivity index (χ4v) is 2.67. The van der Waals surface area contributed by atoms with E-state index in [0.29, 0.717) is 25.7 Å². The number of amides is 2. The zero-order valence-corrected chi connectivity index (χ0v) is 12.4. The van der Waals surface area contributed by atoms with Crippen LogP contribution in [-0.4, -0.2) is 16.9 Å². The fourth-order valence-electron chi connectivity index (χ4n) is 2.67. The highest BCUT2D eigenvalue weighted by Crippen LogP contribution is 2.38. The minimum Gasteiger partial charge on any atom is -0.272 e. The van der Waals surface area contributed by atoms with Crippen LogP contribution in [0.2, 0.25) is 0 Å². The van der Waals surface area contributed by atoms with E-state index in [2.05, 4.69) is 6.58 Å². The van der Waals surface area contributed by atoms with Crippen molar-refractivity contribution in [3.8, 4) is 0 Å². The molecule has 4 nitrogen and oxygen atoms in total. The quantitative estimate of drug-likeness (QED) is 0.596. The van der Waals surface area contributed by atoms with Crippen LogP contribution in [0.15, 0.2) is 43.0 Å². The van der Waals surface area contributed by atoms with E-state index >= 15 is 0 Å². The van der Waals surface area contributed by atoms with E-state index in [0.717, 1.165) is 10.6 Å². The molecule has 1 fully saturated rings. The molecule has 1 aliphatic heterocycles. The van der Waals surface area contributed by atoms with Crippen molar-refractivity contribution in [2.45, 2.75) is 39.2 Å². The molecule has 21 heavy (non-hydrogen) atoms. The SMILES string of the molecule is C=CC[C@]1(CC)CCC(=O)N(OCc2ccccc2)C1=O. The number of rotatable bonds is 6. The Labute approximate surface area is 125 Å². The maximum absolute atomic E-state index is 12.6. The predicted molar refractivity (Wildman–Crippen MR) is 79.9 cm³/mol. The summed E-state index contributed by atoms with van der Waals surface area (Å²) in [5.41, 5.74) is 0.376. The normalized spacial score (nSPS) is 22.4. The first-order valence-electron chi connectivity index (χ1n) is 7.28. The summed E-state index contributed by atoms with van der Waals surface area (Å²) in [6, 6.07) is 9.50. The van der Waals surface area contributed by atoms with Crippen molar-refractivity contribution in [3.63, 3.8) is 0 Å². The van der Waals surface area contributed by atoms with Gasteiger partial charge in [0.15, 0.2) is 0 Å². The average Bonchev–Trinajstić information content (AvgIpc) is 2.51. The van der Waals surface area contributed by atoms with Crippen LogP contribution in [0.25, 0.3) is 0 Å². The van der Waals surface area contributed by atoms with Gasteiger partial charge in [0.1, 0.15) is 6.61 Å². The van der Waals surface area contributed by atoms with Crippen LogP contribution in [-0.2, 0) is 21.0 Å². The first-order valence-corrected chi connectivity index (χ1v) is 7.28. The molecule has 0 unspecified atom stereocenters. The Hall–Kier alpha value is -1.94. The third-order valence-electron chi connectivity index (χ3n) is 4.10. The van der Waals surface area contributed by atoms with Crippen molar-refractivity contribution in [2.24, 2.45) is 5.41 Å². The van der Waals surface area contributed by atoms with Gasteiger partial charge in [0.05, 0.1) is 5.41 Å². The van der Waals surface area contributed by atoms with Crippen LogP contribution in [0.5, 0.6) is 0 Å². The Morgan fingerprint density at radius 3 is 2.67 bits per heavy atom. The molecule has 0 bridgehead atoms. The van der Waals surface area contributed by atoms with Crippen molar-refractivity contribution in [1.82, 2.24) is 5.06 Å². The highest BCUT2D eigenvalue weighted by atomic mass is 16.7. The lowest BCUT2D eigenvalue weighted by atomic mass is 9.74. The van der Waals surface area contributed by atoms with Crippen LogP contribution < -0.4 is 0 Å². The molecule has 1 aliphatic rings. The Kier molecular flexibility index (Phi) is 4.91. The number of hydrogen-bond donors (Lipinski definition) is 0. The standard InChI is InChI=1S/C17H21NO3/c1-3-11-17(4-2)12-10-15(19)18(16(17)20)21-13-14-8-6-5-7-9-14/h3,5-9H,1,4,10-13H2,2H3/t17-/m1/s1. The summed E-state index contributed by atoms with van der Waals surface area (Å²) < 4.78 is 0. The smallest absolute Gasteiger partial charge is 0.260 e. The second-order valence-electron chi connectivity index (χ2n) is 5.38. The number of allylic oxidation sites excluding steroid dienone is 1. The lowest BCUT2D eigenvalue weighted by Crippen LogP contribution is -2.51. The zero-order chi connectivity index (χ0) is 15.3. The molecule has 1 aromatic rings. The predicted octanol–water partition coefficient (Wildman–Crippen LogP) is 3.24. The van der Waals surface area contributed by atoms with Gasteiger partial charge in [0.2, 0.25) is 0 Å². The molecule has 1 atom stereocenters. The monoisotopic (exact) mass is 287 g/mol. The second kappa shape index (κ2) is 6.68. The van der Waals surface area contributed by atoms with Gasteiger partial charge in [0, 0.05) is 6.42 Å². The molecule has 0 radical (unpaired) electrons. The van der Waals surface area contributed by atoms with Gasteiger partial charge in [-0.15, -0.1) is 6.58 Å². The average molecular weight is 287 g/mol. The first kappa shape index (κ1) is 15.4. The Balaban J connectivity index is 2.11. The zero-order valence-electron chi connectivity index (χ0n) is 12.4. The number of hydrogen-bond acceptors (Lipinski definition) is 3. The van der Waals surface area contributed by atoms with Crippen LogP contribution >= 0.6 is 0 Å². The summed E-state index contributed by atoms with van der Waals surface area (Å²) in [5.74, 6) is -0.499. The second-order valence-corrected chi connectivity index (χ2v) is 5.38. The van der Waals surface area contributed by atoms with Crippen LogP contribution in [0.3, 0.4) is 0 Å². The molecule has 112 valence electrons. The molecule has 1 heterocycles. The topological polar surface area (TPSA) is 46.6 Å². The number of piperidine rings is 1. The fraction of sp³-hybridized carbons (Fsp3) is 0.412. The van der Waals surface area contributed by atoms with Gasteiger partial charge in [-0.3, -0.25) is 14.4 Å². The summed E-state index contributed by atoms with van der Waals surface area (Å²) >= 11 is 0. The van der Waals surface area contributed by atoms with Gasteiger partial charge in [-0.05, 0) is 24.8 Å². The molecule has 1 aromatic carbocycles. The van der Waals surface area contributed by atoms with E-state index in [1.54, 1.807) is 6.08 Å². The number of benzene rings is 1. The third kappa shape index (κ3) is 3.22. The molecule has 0 N–H and O–H groups in total. The highest BCUT2D eigenvalue weighted by Gasteiger charge is 2.45. The maximum Gasteiger partial charge on any atom is 0.260 e. The minimum absolute atomic E-state index is 0.214. The summed E-state index contributed by atoms with van der Waals surface area (Å²) in [4.78, 5) is 30.1. The van der Waals surface area contributed by atoms with E-state index < -0.39 is 5.41 Å². The molecular weight excluding hydrogens is 266 g/mol. The number of carbonyl (C=O) groups is 2. The molecule has 0 aliphatic carbocycles. The third-order valence-corrected chi connectivity index (χ3v) is 4.10. The van der Waals surface area contributed by atoms with Crippen LogP contribution in [0.4, 0.5) is 0 Å². The number of imide groups is 1. The first-order chi connectivity index (χ1) is 10.1. The van der Waals surface area contributed by atoms with Crippen LogP contribution in [0.1, 0.15) is 38.2 Å². The molecule has 2 amide bonds. The van der Waals surface area contributed by atoms with Crippen molar-refractivity contribution in [2.75, 3.05) is 0 Å². The lowest BCUT2D eigenvalue weighted by molar-refractivity contribution is -0.213. The highest BCUT2D eigenvalue weighted by molar-refractivity contribution is 5.99. The molecule has 0 aromatic heterocycles. The van der Waals surface area contributed by atoms with Gasteiger partial charge < -0.3 is 0 Å². The van der Waals surface area contributed by atoms with Crippen LogP contribution in [0, 0.1) is 5.41 Å². The van der Waals surface area contributed by atoms with Gasteiger partial charge in [-0.2, -0.15) is 5.06 Å². The maximum atomic E-state index is 12.6. The van der Waals surface area contributed by atoms with Gasteiger partial charge in [-0.1, -0.05) is 43.3 Å². The number of hydroxylamine groups is 2. The van der Waals surface area contributed by atoms with E-state index in [-0.39, 0.29) is 18.4 Å². The van der Waals surface area contributed by atoms with Gasteiger partial charge in [0.25, 0.3) is 11.8 Å². The Morgan fingerprint density at radius 2 is 2.05 bits per heavy atom. The Morgan fingerprint density at radius 1 is 1.33 bits per heavy atom. The largest absolute Gasteiger partial charge is 0.272 e. The molecule has 0 saturated carbocycles. The summed E-state index contributed by atoms with van der Waals surface area (Å²) in [7, 11) is 0. The molecule has 0 spiro atoms. The summed E-state index contributed by atoms with van der Waals surface area (Å²) in [5, 5.41) is 0.962. The van der Waals surface area contributed by atoms with Gasteiger partial charge in [-0.25, -0.2) is 0 Å². The van der Waals surface area contributed by atoms with E-state index in [9.17, 15) is 9.59 Å². The number of nitrogens with zero attached hydrogens (tertiary/aromatic N) is 1. The molecular formula is C17H21NO3. The van der Waals surface area contributed by atoms with Crippen molar-refractivity contribution >= 4 is 11.8 Å². The van der Waals surface area contributed by atoms with Gasteiger partial charge >= 0.3 is 0 Å². The van der Waals surface area contributed by atoms with E-state index in [1.165, 1.54) is 0 Å². The van der Waals surface area contributed by atoms with E-state index in [4.69, 9.17) is 4.84 Å². The molecule has 1 saturated heterocycles. The Bertz CT molecular complexity index is 526. The summed E-state index contributed by atoms with van der Waals surface area (Å²) in [6.07, 6.45) is 3.89. The minimum atomic E-state index is -0.549. The lowest BCUT2D eigenvalue weighted by Gasteiger charge is -2.38. The van der Waals surface area contributed by atoms with E-state index in [1.807, 2.05) is 37.3 Å². The summed E-state index contributed by atoms with van der Waals surface area (Å²) in [6.45, 7) is 5.90. The molecule has 2 rings (SSSR count). The van der Waals surface area contributed by atoms with Crippen molar-refractivity contribution in [3.05, 3.63) is 48.6 Å². The number of carbonyl (C=O) groups excluding carboxylic acids is 2.